The summed E-state index contributed by atoms with van der Waals surface area (Å²) >= 11 is 0. The third-order valence-corrected chi connectivity index (χ3v) is 8.48. The number of benzene rings is 2. The number of hydrogen-bond acceptors (Lipinski definition) is 6. The van der Waals surface area contributed by atoms with Crippen LogP contribution in [0.1, 0.15) is 24.0 Å². The molecule has 4 rings (SSSR count). The number of aliphatic hydroxyl groups is 2. The molecule has 0 aliphatic heterocycles. The maximum atomic E-state index is 14.2. The van der Waals surface area contributed by atoms with Gasteiger partial charge in [-0.1, -0.05) is 73.8 Å². The third kappa shape index (κ3) is 4.76. The van der Waals surface area contributed by atoms with Crippen LogP contribution in [-0.4, -0.2) is 41.4 Å². The molecule has 0 fully saturated rings. The van der Waals surface area contributed by atoms with Gasteiger partial charge in [-0.2, -0.15) is 0 Å². The summed E-state index contributed by atoms with van der Waals surface area (Å²) in [5, 5.41) is 22.0. The van der Waals surface area contributed by atoms with E-state index in [9.17, 15) is 28.2 Å². The fourth-order valence-corrected chi connectivity index (χ4v) is 6.30. The minimum Gasteiger partial charge on any atom is -0.377 e. The summed E-state index contributed by atoms with van der Waals surface area (Å²) in [5.74, 6) is -1.30. The zero-order valence-electron chi connectivity index (χ0n) is 20.0. The van der Waals surface area contributed by atoms with E-state index in [1.165, 1.54) is 24.3 Å². The first kappa shape index (κ1) is 26.2. The van der Waals surface area contributed by atoms with E-state index in [0.717, 1.165) is 12.2 Å². The number of allylic oxidation sites excluding steroid dienone is 2. The van der Waals surface area contributed by atoms with Crippen LogP contribution >= 0.6 is 0 Å². The van der Waals surface area contributed by atoms with Crippen LogP contribution in [0.15, 0.2) is 120 Å². The van der Waals surface area contributed by atoms with Crippen molar-refractivity contribution in [2.45, 2.75) is 24.0 Å². The van der Waals surface area contributed by atoms with Crippen molar-refractivity contribution in [3.8, 4) is 0 Å². The van der Waals surface area contributed by atoms with Gasteiger partial charge in [0, 0.05) is 12.8 Å². The zero-order valence-corrected chi connectivity index (χ0v) is 20.8. The van der Waals surface area contributed by atoms with E-state index < -0.39 is 32.6 Å². The van der Waals surface area contributed by atoms with E-state index in [1.54, 1.807) is 60.7 Å². The average molecular weight is 515 g/mol. The Morgan fingerprint density at radius 3 is 1.38 bits per heavy atom. The van der Waals surface area contributed by atoms with Crippen LogP contribution in [0.2, 0.25) is 0 Å². The highest BCUT2D eigenvalue weighted by atomic mass is 32.2. The molecule has 6 nitrogen and oxygen atoms in total. The van der Waals surface area contributed by atoms with Gasteiger partial charge >= 0.3 is 0 Å². The molecule has 0 spiro atoms. The molecule has 7 heteroatoms. The second kappa shape index (κ2) is 9.86. The maximum Gasteiger partial charge on any atom is 0.207 e. The Kier molecular flexibility index (Phi) is 6.97. The van der Waals surface area contributed by atoms with Crippen LogP contribution in [0.4, 0.5) is 0 Å². The Balaban J connectivity index is 1.96. The van der Waals surface area contributed by atoms with E-state index in [1.807, 2.05) is 0 Å². The second-order valence-electron chi connectivity index (χ2n) is 8.93. The quantitative estimate of drug-likeness (QED) is 0.513. The van der Waals surface area contributed by atoms with Crippen LogP contribution in [0.5, 0.6) is 0 Å². The fraction of sp³-hybridized carbons (Fsp3) is 0.133. The summed E-state index contributed by atoms with van der Waals surface area (Å²) in [6.45, 7) is 6.89. The van der Waals surface area contributed by atoms with Crippen LogP contribution < -0.4 is 0 Å². The first-order valence-corrected chi connectivity index (χ1v) is 13.0. The molecule has 0 aromatic heterocycles. The SMILES string of the molecule is C=CC(=O)C1(O)C=CC(S(=O)(=O)C2=C(c3ccccc3)CC(O)(C(=O)C=C)C=C2)=C(c2ccccc2)C1. The lowest BCUT2D eigenvalue weighted by Gasteiger charge is -2.31. The molecular formula is C30H26O6S. The molecule has 2 unspecified atom stereocenters. The van der Waals surface area contributed by atoms with Gasteiger partial charge in [-0.05, 0) is 58.7 Å². The van der Waals surface area contributed by atoms with E-state index in [4.69, 9.17) is 0 Å². The summed E-state index contributed by atoms with van der Waals surface area (Å²) in [7, 11) is -4.26. The summed E-state index contributed by atoms with van der Waals surface area (Å²) < 4.78 is 28.4. The monoisotopic (exact) mass is 514 g/mol. The molecule has 0 saturated heterocycles. The fourth-order valence-electron chi connectivity index (χ4n) is 4.54. The molecule has 2 N–H and O–H groups in total. The summed E-state index contributed by atoms with van der Waals surface area (Å²) in [6, 6.07) is 17.3. The number of sulfone groups is 1. The Morgan fingerprint density at radius 1 is 0.703 bits per heavy atom. The van der Waals surface area contributed by atoms with Gasteiger partial charge in [0.2, 0.25) is 9.84 Å². The van der Waals surface area contributed by atoms with Crippen molar-refractivity contribution in [3.05, 3.63) is 131 Å². The number of carbonyl (C=O) groups excluding carboxylic acids is 2. The Bertz CT molecular complexity index is 1400. The highest BCUT2D eigenvalue weighted by Crippen LogP contribution is 2.43. The molecule has 2 aliphatic rings. The smallest absolute Gasteiger partial charge is 0.207 e. The average Bonchev–Trinajstić information content (AvgIpc) is 2.92. The molecule has 0 amide bonds. The van der Waals surface area contributed by atoms with Crippen molar-refractivity contribution >= 4 is 32.5 Å². The van der Waals surface area contributed by atoms with Crippen LogP contribution in [0.3, 0.4) is 0 Å². The van der Waals surface area contributed by atoms with E-state index in [2.05, 4.69) is 13.2 Å². The standard InChI is InChI=1S/C30H26O6S/c1-3-27(31)29(33)17-15-25(23(19-29)21-11-7-5-8-12-21)37(35,36)26-16-18-30(34,28(32)4-2)20-24(26)22-13-9-6-10-14-22/h3-18,33-34H,1-2,19-20H2. The van der Waals surface area contributed by atoms with Crippen molar-refractivity contribution in [3.63, 3.8) is 0 Å². The molecular weight excluding hydrogens is 488 g/mol. The maximum absolute atomic E-state index is 14.2. The molecule has 0 bridgehead atoms. The summed E-state index contributed by atoms with van der Waals surface area (Å²) in [5.41, 5.74) is -2.31. The van der Waals surface area contributed by atoms with Gasteiger partial charge in [-0.25, -0.2) is 8.42 Å². The van der Waals surface area contributed by atoms with Gasteiger partial charge < -0.3 is 10.2 Å². The highest BCUT2D eigenvalue weighted by molar-refractivity contribution is 7.99. The Hall–Kier alpha value is -3.91. The minimum absolute atomic E-state index is 0.0891. The topological polar surface area (TPSA) is 109 Å². The molecule has 2 atom stereocenters. The van der Waals surface area contributed by atoms with Gasteiger partial charge in [0.15, 0.2) is 11.6 Å². The van der Waals surface area contributed by atoms with E-state index in [0.29, 0.717) is 11.1 Å². The predicted molar refractivity (Wildman–Crippen MR) is 143 cm³/mol. The number of ketones is 2. The lowest BCUT2D eigenvalue weighted by atomic mass is 9.83. The molecule has 37 heavy (non-hydrogen) atoms. The normalized spacial score (nSPS) is 23.6. The highest BCUT2D eigenvalue weighted by Gasteiger charge is 2.42. The summed E-state index contributed by atoms with van der Waals surface area (Å²) in [4.78, 5) is 24.7. The molecule has 2 aliphatic carbocycles. The van der Waals surface area contributed by atoms with Gasteiger partial charge in [0.1, 0.15) is 11.2 Å². The molecule has 188 valence electrons. The van der Waals surface area contributed by atoms with Gasteiger partial charge in [-0.3, -0.25) is 9.59 Å². The molecule has 0 radical (unpaired) electrons. The van der Waals surface area contributed by atoms with Crippen molar-refractivity contribution in [2.75, 3.05) is 0 Å². The van der Waals surface area contributed by atoms with Crippen LogP contribution in [0.25, 0.3) is 11.1 Å². The first-order valence-electron chi connectivity index (χ1n) is 11.5. The van der Waals surface area contributed by atoms with E-state index in [-0.39, 0.29) is 33.8 Å². The lowest BCUT2D eigenvalue weighted by molar-refractivity contribution is -0.128. The van der Waals surface area contributed by atoms with Crippen molar-refractivity contribution in [2.24, 2.45) is 0 Å². The van der Waals surface area contributed by atoms with Crippen molar-refractivity contribution in [1.29, 1.82) is 0 Å². The number of hydrogen-bond donors (Lipinski definition) is 2. The molecule has 2 aromatic carbocycles. The Labute approximate surface area is 215 Å². The van der Waals surface area contributed by atoms with Gasteiger partial charge in [-0.15, -0.1) is 0 Å². The number of rotatable bonds is 8. The van der Waals surface area contributed by atoms with Crippen molar-refractivity contribution < 1.29 is 28.2 Å². The summed E-state index contributed by atoms with van der Waals surface area (Å²) in [6.07, 6.45) is 6.27. The molecule has 2 aromatic rings. The van der Waals surface area contributed by atoms with Gasteiger partial charge in [0.25, 0.3) is 0 Å². The largest absolute Gasteiger partial charge is 0.377 e. The Morgan fingerprint density at radius 2 is 1.05 bits per heavy atom. The van der Waals surface area contributed by atoms with E-state index >= 15 is 0 Å². The lowest BCUT2D eigenvalue weighted by Crippen LogP contribution is -2.38. The number of carbonyl (C=O) groups is 2. The second-order valence-corrected chi connectivity index (χ2v) is 10.8. The van der Waals surface area contributed by atoms with Crippen molar-refractivity contribution in [1.82, 2.24) is 0 Å². The third-order valence-electron chi connectivity index (χ3n) is 6.56. The van der Waals surface area contributed by atoms with Gasteiger partial charge in [0.05, 0.1) is 9.81 Å². The first-order chi connectivity index (χ1) is 17.6. The minimum atomic E-state index is -4.26. The predicted octanol–water partition coefficient (Wildman–Crippen LogP) is 4.12. The van der Waals surface area contributed by atoms with Crippen LogP contribution in [-0.2, 0) is 19.4 Å². The molecule has 0 heterocycles. The zero-order chi connectivity index (χ0) is 26.8. The van der Waals surface area contributed by atoms with Crippen LogP contribution in [0, 0.1) is 0 Å². The molecule has 0 saturated carbocycles.